The topological polar surface area (TPSA) is 35.2 Å². The molecule has 2 N–H and O–H groups in total. The fourth-order valence-electron chi connectivity index (χ4n) is 1.97. The van der Waals surface area contributed by atoms with E-state index in [9.17, 15) is 0 Å². The molecule has 0 aliphatic heterocycles. The highest BCUT2D eigenvalue weighted by molar-refractivity contribution is 6.33. The quantitative estimate of drug-likeness (QED) is 0.914. The minimum Gasteiger partial charge on any atom is -0.496 e. The van der Waals surface area contributed by atoms with Gasteiger partial charge in [-0.05, 0) is 36.7 Å². The maximum atomic E-state index is 6.27. The Morgan fingerprint density at radius 2 is 1.89 bits per heavy atom. The van der Waals surface area contributed by atoms with Gasteiger partial charge in [-0.3, -0.25) is 0 Å². The van der Waals surface area contributed by atoms with E-state index in [0.29, 0.717) is 6.54 Å². The summed E-state index contributed by atoms with van der Waals surface area (Å²) in [5, 5.41) is 0.722. The molecule has 2 aromatic rings. The van der Waals surface area contributed by atoms with Crippen molar-refractivity contribution in [1.29, 1.82) is 0 Å². The van der Waals surface area contributed by atoms with Crippen LogP contribution in [-0.2, 0) is 6.42 Å². The maximum absolute atomic E-state index is 6.27. The van der Waals surface area contributed by atoms with Crippen molar-refractivity contribution in [2.45, 2.75) is 6.42 Å². The summed E-state index contributed by atoms with van der Waals surface area (Å²) >= 11 is 6.27. The smallest absolute Gasteiger partial charge is 0.126 e. The van der Waals surface area contributed by atoms with E-state index in [2.05, 4.69) is 6.07 Å². The van der Waals surface area contributed by atoms with Gasteiger partial charge in [-0.15, -0.1) is 0 Å². The van der Waals surface area contributed by atoms with Gasteiger partial charge in [0.05, 0.1) is 7.11 Å². The van der Waals surface area contributed by atoms with Gasteiger partial charge in [0.15, 0.2) is 0 Å². The van der Waals surface area contributed by atoms with Crippen molar-refractivity contribution in [3.05, 3.63) is 53.1 Å². The lowest BCUT2D eigenvalue weighted by Gasteiger charge is -2.11. The molecule has 0 aliphatic carbocycles. The Hall–Kier alpha value is -1.51. The van der Waals surface area contributed by atoms with Crippen LogP contribution in [0, 0.1) is 0 Å². The standard InChI is InChI=1S/C15H16ClNO/c1-18-15-5-3-2-4-12(15)13-10-11(8-9-17)6-7-14(13)16/h2-7,10H,8-9,17H2,1H3. The summed E-state index contributed by atoms with van der Waals surface area (Å²) in [6, 6.07) is 13.9. The number of halogens is 1. The second-order valence-corrected chi connectivity index (χ2v) is 4.46. The largest absolute Gasteiger partial charge is 0.496 e. The summed E-state index contributed by atoms with van der Waals surface area (Å²) in [6.07, 6.45) is 0.847. The Balaban J connectivity index is 2.51. The molecule has 3 heteroatoms. The van der Waals surface area contributed by atoms with Crippen molar-refractivity contribution in [3.8, 4) is 16.9 Å². The van der Waals surface area contributed by atoms with Gasteiger partial charge in [-0.25, -0.2) is 0 Å². The summed E-state index contributed by atoms with van der Waals surface area (Å²) < 4.78 is 5.37. The van der Waals surface area contributed by atoms with Crippen LogP contribution >= 0.6 is 11.6 Å². The molecule has 94 valence electrons. The molecule has 0 amide bonds. The SMILES string of the molecule is COc1ccccc1-c1cc(CCN)ccc1Cl. The van der Waals surface area contributed by atoms with Crippen molar-refractivity contribution in [2.75, 3.05) is 13.7 Å². The third-order valence-corrected chi connectivity index (χ3v) is 3.19. The predicted molar refractivity (Wildman–Crippen MR) is 76.2 cm³/mol. The van der Waals surface area contributed by atoms with E-state index < -0.39 is 0 Å². The molecule has 0 radical (unpaired) electrons. The van der Waals surface area contributed by atoms with Crippen LogP contribution in [-0.4, -0.2) is 13.7 Å². The van der Waals surface area contributed by atoms with Crippen LogP contribution in [0.4, 0.5) is 0 Å². The lowest BCUT2D eigenvalue weighted by molar-refractivity contribution is 0.416. The van der Waals surface area contributed by atoms with Crippen LogP contribution in [0.3, 0.4) is 0 Å². The number of para-hydroxylation sites is 1. The normalized spacial score (nSPS) is 10.4. The molecule has 2 aromatic carbocycles. The molecule has 0 bridgehead atoms. The van der Waals surface area contributed by atoms with Gasteiger partial charge in [0.1, 0.15) is 5.75 Å². The van der Waals surface area contributed by atoms with E-state index >= 15 is 0 Å². The average molecular weight is 262 g/mol. The van der Waals surface area contributed by atoms with Crippen molar-refractivity contribution in [1.82, 2.24) is 0 Å². The average Bonchev–Trinajstić information content (AvgIpc) is 2.41. The number of benzene rings is 2. The highest BCUT2D eigenvalue weighted by Gasteiger charge is 2.09. The first-order valence-electron chi connectivity index (χ1n) is 5.88. The van der Waals surface area contributed by atoms with Crippen molar-refractivity contribution >= 4 is 11.6 Å². The minimum absolute atomic E-state index is 0.632. The van der Waals surface area contributed by atoms with Crippen LogP contribution in [0.25, 0.3) is 11.1 Å². The van der Waals surface area contributed by atoms with Crippen LogP contribution in [0.5, 0.6) is 5.75 Å². The van der Waals surface area contributed by atoms with Gasteiger partial charge < -0.3 is 10.5 Å². The minimum atomic E-state index is 0.632. The molecule has 0 atom stereocenters. The van der Waals surface area contributed by atoms with E-state index in [4.69, 9.17) is 22.1 Å². The summed E-state index contributed by atoms with van der Waals surface area (Å²) in [5.41, 5.74) is 8.76. The predicted octanol–water partition coefficient (Wildman–Crippen LogP) is 3.52. The number of hydrogen-bond donors (Lipinski definition) is 1. The Kier molecular flexibility index (Phi) is 4.24. The van der Waals surface area contributed by atoms with Crippen molar-refractivity contribution in [3.63, 3.8) is 0 Å². The molecule has 0 aliphatic rings. The summed E-state index contributed by atoms with van der Waals surface area (Å²) in [4.78, 5) is 0. The van der Waals surface area contributed by atoms with Gasteiger partial charge in [0.25, 0.3) is 0 Å². The Labute approximate surface area is 112 Å². The van der Waals surface area contributed by atoms with E-state index in [-0.39, 0.29) is 0 Å². The molecule has 0 fully saturated rings. The lowest BCUT2D eigenvalue weighted by Crippen LogP contribution is -2.02. The Morgan fingerprint density at radius 3 is 2.61 bits per heavy atom. The van der Waals surface area contributed by atoms with Gasteiger partial charge in [0.2, 0.25) is 0 Å². The number of methoxy groups -OCH3 is 1. The van der Waals surface area contributed by atoms with E-state index in [0.717, 1.165) is 28.3 Å². The molecule has 0 aromatic heterocycles. The fraction of sp³-hybridized carbons (Fsp3) is 0.200. The maximum Gasteiger partial charge on any atom is 0.126 e. The summed E-state index contributed by atoms with van der Waals surface area (Å²) in [7, 11) is 1.66. The molecule has 0 unspecified atom stereocenters. The second-order valence-electron chi connectivity index (χ2n) is 4.05. The van der Waals surface area contributed by atoms with Crippen LogP contribution in [0.15, 0.2) is 42.5 Å². The van der Waals surface area contributed by atoms with Gasteiger partial charge >= 0.3 is 0 Å². The first kappa shape index (κ1) is 12.9. The zero-order valence-corrected chi connectivity index (χ0v) is 11.1. The van der Waals surface area contributed by atoms with Crippen LogP contribution in [0.2, 0.25) is 5.02 Å². The first-order chi connectivity index (χ1) is 8.76. The zero-order valence-electron chi connectivity index (χ0n) is 10.3. The lowest BCUT2D eigenvalue weighted by atomic mass is 10.0. The van der Waals surface area contributed by atoms with Gasteiger partial charge in [-0.1, -0.05) is 35.9 Å². The highest BCUT2D eigenvalue weighted by atomic mass is 35.5. The van der Waals surface area contributed by atoms with Crippen molar-refractivity contribution in [2.24, 2.45) is 5.73 Å². The molecule has 18 heavy (non-hydrogen) atoms. The molecular formula is C15H16ClNO. The molecular weight excluding hydrogens is 246 g/mol. The Bertz CT molecular complexity index is 540. The number of hydrogen-bond acceptors (Lipinski definition) is 2. The van der Waals surface area contributed by atoms with Gasteiger partial charge in [0, 0.05) is 16.1 Å². The molecule has 2 rings (SSSR count). The monoisotopic (exact) mass is 261 g/mol. The third-order valence-electron chi connectivity index (χ3n) is 2.86. The summed E-state index contributed by atoms with van der Waals surface area (Å²) in [5.74, 6) is 0.823. The van der Waals surface area contributed by atoms with Crippen LogP contribution < -0.4 is 10.5 Å². The number of nitrogens with two attached hydrogens (primary N) is 1. The second kappa shape index (κ2) is 5.89. The molecule has 0 heterocycles. The van der Waals surface area contributed by atoms with E-state index in [1.54, 1.807) is 7.11 Å². The highest BCUT2D eigenvalue weighted by Crippen LogP contribution is 2.35. The van der Waals surface area contributed by atoms with E-state index in [1.165, 1.54) is 5.56 Å². The summed E-state index contributed by atoms with van der Waals surface area (Å²) in [6.45, 7) is 0.632. The zero-order chi connectivity index (χ0) is 13.0. The van der Waals surface area contributed by atoms with E-state index in [1.807, 2.05) is 36.4 Å². The molecule has 0 saturated carbocycles. The van der Waals surface area contributed by atoms with Gasteiger partial charge in [-0.2, -0.15) is 0 Å². The fourth-order valence-corrected chi connectivity index (χ4v) is 2.19. The first-order valence-corrected chi connectivity index (χ1v) is 6.26. The number of ether oxygens (including phenoxy) is 1. The molecule has 0 spiro atoms. The number of rotatable bonds is 4. The Morgan fingerprint density at radius 1 is 1.11 bits per heavy atom. The van der Waals surface area contributed by atoms with Crippen LogP contribution in [0.1, 0.15) is 5.56 Å². The molecule has 0 saturated heterocycles. The van der Waals surface area contributed by atoms with Crippen molar-refractivity contribution < 1.29 is 4.74 Å². The molecule has 2 nitrogen and oxygen atoms in total. The third kappa shape index (κ3) is 2.66.